The number of nitrogens with zero attached hydrogens (tertiary/aromatic N) is 1. The number of nitrogens with one attached hydrogen (secondary N) is 1. The maximum absolute atomic E-state index is 11.9. The molecule has 1 saturated heterocycles. The van der Waals surface area contributed by atoms with Gasteiger partial charge in [0, 0.05) is 25.6 Å². The molecule has 2 rings (SSSR count). The molecule has 0 unspecified atom stereocenters. The summed E-state index contributed by atoms with van der Waals surface area (Å²) in [5.41, 5.74) is 0.577. The Morgan fingerprint density at radius 2 is 1.65 bits per heavy atom. The lowest BCUT2D eigenvalue weighted by Gasteiger charge is -2.32. The molecule has 1 fully saturated rings. The van der Waals surface area contributed by atoms with Gasteiger partial charge in [-0.1, -0.05) is 49.6 Å². The average Bonchev–Trinajstić information content (AvgIpc) is 2.72. The smallest absolute Gasteiger partial charge is 0.407 e. The first-order chi connectivity index (χ1) is 14.8. The van der Waals surface area contributed by atoms with Crippen LogP contribution in [0, 0.1) is 0 Å². The zero-order valence-electron chi connectivity index (χ0n) is 19.5. The maximum Gasteiger partial charge on any atom is 0.407 e. The van der Waals surface area contributed by atoms with E-state index in [-0.39, 0.29) is 18.1 Å². The summed E-state index contributed by atoms with van der Waals surface area (Å²) >= 11 is 0. The Morgan fingerprint density at radius 1 is 1.00 bits per heavy atom. The molecule has 1 N–H and O–H groups in total. The van der Waals surface area contributed by atoms with E-state index < -0.39 is 5.60 Å². The zero-order valence-corrected chi connectivity index (χ0v) is 19.5. The van der Waals surface area contributed by atoms with Gasteiger partial charge in [-0.05, 0) is 58.6 Å². The van der Waals surface area contributed by atoms with Crippen LogP contribution in [0.1, 0.15) is 77.7 Å². The molecule has 1 heterocycles. The standard InChI is InChI=1S/C25H40N2O4/c1-25(2,3)31-24(29)26-22-15-18-27(19-16-22)17-11-6-4-5-10-14-23(28)30-20-21-12-8-7-9-13-21/h7-9,12-13,22H,4-6,10-11,14-20H2,1-3H3,(H,26,29). The van der Waals surface area contributed by atoms with E-state index in [4.69, 9.17) is 9.47 Å². The monoisotopic (exact) mass is 432 g/mol. The SMILES string of the molecule is CC(C)(C)OC(=O)NC1CCN(CCCCCCCC(=O)OCc2ccccc2)CC1. The molecule has 1 aliphatic rings. The van der Waals surface area contributed by atoms with E-state index >= 15 is 0 Å². The van der Waals surface area contributed by atoms with Gasteiger partial charge in [0.05, 0.1) is 0 Å². The Kier molecular flexibility index (Phi) is 10.9. The summed E-state index contributed by atoms with van der Waals surface area (Å²) in [5, 5.41) is 2.99. The fourth-order valence-corrected chi connectivity index (χ4v) is 3.72. The van der Waals surface area contributed by atoms with Crippen LogP contribution in [-0.2, 0) is 20.9 Å². The molecule has 6 heteroatoms. The number of hydrogen-bond donors (Lipinski definition) is 1. The normalized spacial score (nSPS) is 15.5. The molecule has 6 nitrogen and oxygen atoms in total. The van der Waals surface area contributed by atoms with Crippen LogP contribution < -0.4 is 5.32 Å². The second-order valence-corrected chi connectivity index (χ2v) is 9.43. The number of carbonyl (C=O) groups excluding carboxylic acids is 2. The molecule has 31 heavy (non-hydrogen) atoms. The van der Waals surface area contributed by atoms with E-state index in [1.165, 1.54) is 12.8 Å². The van der Waals surface area contributed by atoms with Gasteiger partial charge in [-0.15, -0.1) is 0 Å². The van der Waals surface area contributed by atoms with Crippen molar-refractivity contribution in [1.82, 2.24) is 10.2 Å². The highest BCUT2D eigenvalue weighted by Crippen LogP contribution is 2.14. The van der Waals surface area contributed by atoms with Crippen molar-refractivity contribution in [3.05, 3.63) is 35.9 Å². The molecule has 0 atom stereocenters. The Balaban J connectivity index is 1.42. The summed E-state index contributed by atoms with van der Waals surface area (Å²) in [6, 6.07) is 10.0. The third-order valence-electron chi connectivity index (χ3n) is 5.41. The van der Waals surface area contributed by atoms with Crippen LogP contribution in [-0.4, -0.2) is 48.2 Å². The largest absolute Gasteiger partial charge is 0.461 e. The third-order valence-corrected chi connectivity index (χ3v) is 5.41. The second-order valence-electron chi connectivity index (χ2n) is 9.43. The van der Waals surface area contributed by atoms with Crippen LogP contribution in [0.4, 0.5) is 4.79 Å². The molecule has 0 saturated carbocycles. The number of carbonyl (C=O) groups is 2. The minimum absolute atomic E-state index is 0.105. The average molecular weight is 433 g/mol. The first kappa shape index (κ1) is 25.2. The topological polar surface area (TPSA) is 67.9 Å². The van der Waals surface area contributed by atoms with Crippen molar-refractivity contribution in [2.75, 3.05) is 19.6 Å². The highest BCUT2D eigenvalue weighted by Gasteiger charge is 2.23. The Labute approximate surface area is 187 Å². The van der Waals surface area contributed by atoms with E-state index in [1.54, 1.807) is 0 Å². The molecule has 0 bridgehead atoms. The summed E-state index contributed by atoms with van der Waals surface area (Å²) < 4.78 is 10.6. The number of rotatable bonds is 11. The van der Waals surface area contributed by atoms with E-state index in [1.807, 2.05) is 51.1 Å². The third kappa shape index (κ3) is 11.8. The predicted octanol–water partition coefficient (Wildman–Crippen LogP) is 5.06. The Hall–Kier alpha value is -2.08. The van der Waals surface area contributed by atoms with Crippen molar-refractivity contribution >= 4 is 12.1 Å². The van der Waals surface area contributed by atoms with Crippen LogP contribution in [0.15, 0.2) is 30.3 Å². The fourth-order valence-electron chi connectivity index (χ4n) is 3.72. The molecule has 1 amide bonds. The van der Waals surface area contributed by atoms with Gasteiger partial charge in [0.25, 0.3) is 0 Å². The molecule has 0 aliphatic carbocycles. The lowest BCUT2D eigenvalue weighted by molar-refractivity contribution is -0.145. The summed E-state index contributed by atoms with van der Waals surface area (Å²) in [4.78, 5) is 26.2. The van der Waals surface area contributed by atoms with Gasteiger partial charge < -0.3 is 19.7 Å². The molecule has 0 spiro atoms. The molecule has 174 valence electrons. The lowest BCUT2D eigenvalue weighted by Crippen LogP contribution is -2.46. The Bertz CT molecular complexity index is 649. The zero-order chi connectivity index (χ0) is 22.5. The second kappa shape index (κ2) is 13.4. The van der Waals surface area contributed by atoms with E-state index in [9.17, 15) is 9.59 Å². The molecular formula is C25H40N2O4. The van der Waals surface area contributed by atoms with Crippen LogP contribution in [0.2, 0.25) is 0 Å². The minimum Gasteiger partial charge on any atom is -0.461 e. The van der Waals surface area contributed by atoms with Gasteiger partial charge in [0.1, 0.15) is 12.2 Å². The highest BCUT2D eigenvalue weighted by atomic mass is 16.6. The van der Waals surface area contributed by atoms with Crippen molar-refractivity contribution in [1.29, 1.82) is 0 Å². The maximum atomic E-state index is 11.9. The van der Waals surface area contributed by atoms with E-state index in [0.717, 1.165) is 57.3 Å². The number of unbranched alkanes of at least 4 members (excludes halogenated alkanes) is 4. The van der Waals surface area contributed by atoms with Gasteiger partial charge in [-0.25, -0.2) is 4.79 Å². The van der Waals surface area contributed by atoms with Crippen molar-refractivity contribution in [2.24, 2.45) is 0 Å². The number of piperidine rings is 1. The van der Waals surface area contributed by atoms with Gasteiger partial charge in [0.15, 0.2) is 0 Å². The van der Waals surface area contributed by atoms with Gasteiger partial charge in [-0.2, -0.15) is 0 Å². The lowest BCUT2D eigenvalue weighted by atomic mass is 10.0. The van der Waals surface area contributed by atoms with Crippen LogP contribution in [0.5, 0.6) is 0 Å². The van der Waals surface area contributed by atoms with E-state index in [0.29, 0.717) is 13.0 Å². The van der Waals surface area contributed by atoms with Gasteiger partial charge >= 0.3 is 12.1 Å². The van der Waals surface area contributed by atoms with Crippen molar-refractivity contribution < 1.29 is 19.1 Å². The number of ether oxygens (including phenoxy) is 2. The number of likely N-dealkylation sites (tertiary alicyclic amines) is 1. The molecule has 1 aromatic rings. The van der Waals surface area contributed by atoms with Gasteiger partial charge in [0.2, 0.25) is 0 Å². The molecule has 1 aromatic carbocycles. The Morgan fingerprint density at radius 3 is 2.32 bits per heavy atom. The van der Waals surface area contributed by atoms with Crippen molar-refractivity contribution in [3.63, 3.8) is 0 Å². The molecule has 1 aliphatic heterocycles. The van der Waals surface area contributed by atoms with Crippen LogP contribution in [0.25, 0.3) is 0 Å². The summed E-state index contributed by atoms with van der Waals surface area (Å²) in [7, 11) is 0. The summed E-state index contributed by atoms with van der Waals surface area (Å²) in [5.74, 6) is -0.105. The molecule has 0 radical (unpaired) electrons. The summed E-state index contributed by atoms with van der Waals surface area (Å²) in [6.07, 6.45) is 7.65. The quantitative estimate of drug-likeness (QED) is 0.391. The first-order valence-corrected chi connectivity index (χ1v) is 11.7. The molecular weight excluding hydrogens is 392 g/mol. The van der Waals surface area contributed by atoms with Crippen molar-refractivity contribution in [2.45, 2.75) is 90.4 Å². The number of esters is 1. The highest BCUT2D eigenvalue weighted by molar-refractivity contribution is 5.69. The fraction of sp³-hybridized carbons (Fsp3) is 0.680. The number of amides is 1. The summed E-state index contributed by atoms with van der Waals surface area (Å²) in [6.45, 7) is 9.16. The predicted molar refractivity (Wildman–Crippen MR) is 123 cm³/mol. The van der Waals surface area contributed by atoms with Crippen molar-refractivity contribution in [3.8, 4) is 0 Å². The number of benzene rings is 1. The van der Waals surface area contributed by atoms with E-state index in [2.05, 4.69) is 10.2 Å². The molecule has 0 aromatic heterocycles. The van der Waals surface area contributed by atoms with Crippen LogP contribution >= 0.6 is 0 Å². The van der Waals surface area contributed by atoms with Gasteiger partial charge in [-0.3, -0.25) is 4.79 Å². The van der Waals surface area contributed by atoms with Crippen LogP contribution in [0.3, 0.4) is 0 Å². The minimum atomic E-state index is -0.451. The first-order valence-electron chi connectivity index (χ1n) is 11.7. The number of hydrogen-bond acceptors (Lipinski definition) is 5. The number of alkyl carbamates (subject to hydrolysis) is 1.